The number of alkyl halides is 2. The lowest BCUT2D eigenvalue weighted by atomic mass is 9.77. The van der Waals surface area contributed by atoms with E-state index in [1.165, 1.54) is 19.3 Å². The molecule has 0 atom stereocenters. The molecule has 0 unspecified atom stereocenters. The molecule has 0 radical (unpaired) electrons. The lowest BCUT2D eigenvalue weighted by Crippen LogP contribution is -2.13. The molecule has 1 saturated carbocycles. The molecule has 2 rings (SSSR count). The molecule has 1 aromatic carbocycles. The van der Waals surface area contributed by atoms with Crippen LogP contribution in [-0.4, -0.2) is 13.3 Å². The summed E-state index contributed by atoms with van der Waals surface area (Å²) in [5.74, 6) is 0.936. The number of hydrogen-bond acceptors (Lipinski definition) is 0. The molecule has 0 bridgehead atoms. The van der Waals surface area contributed by atoms with Crippen LogP contribution in [0, 0.1) is 11.7 Å². The standard InChI is InChI=1S/C19H27F3/c20-12-3-1-2-4-15-5-7-16(8-6-15)18-10-9-17(11-13-21)19(22)14-18/h9-10,14-16H,1-8,11-13H2. The van der Waals surface area contributed by atoms with E-state index in [2.05, 4.69) is 0 Å². The summed E-state index contributed by atoms with van der Waals surface area (Å²) < 4.78 is 38.3. The van der Waals surface area contributed by atoms with Gasteiger partial charge in [0.15, 0.2) is 0 Å². The summed E-state index contributed by atoms with van der Waals surface area (Å²) in [5, 5.41) is 0. The van der Waals surface area contributed by atoms with E-state index in [4.69, 9.17) is 0 Å². The smallest absolute Gasteiger partial charge is 0.126 e. The van der Waals surface area contributed by atoms with Gasteiger partial charge in [0.1, 0.15) is 5.82 Å². The quantitative estimate of drug-likeness (QED) is 0.506. The molecule has 22 heavy (non-hydrogen) atoms. The van der Waals surface area contributed by atoms with Gasteiger partial charge in [0, 0.05) is 6.42 Å². The zero-order chi connectivity index (χ0) is 15.8. The third-order valence-corrected chi connectivity index (χ3v) is 5.01. The Morgan fingerprint density at radius 1 is 0.909 bits per heavy atom. The van der Waals surface area contributed by atoms with Crippen LogP contribution in [0.1, 0.15) is 68.4 Å². The fraction of sp³-hybridized carbons (Fsp3) is 0.684. The van der Waals surface area contributed by atoms with Crippen LogP contribution in [0.2, 0.25) is 0 Å². The largest absolute Gasteiger partial charge is 0.251 e. The van der Waals surface area contributed by atoms with Crippen LogP contribution in [0.4, 0.5) is 13.2 Å². The third kappa shape index (κ3) is 5.03. The Hall–Kier alpha value is -0.990. The van der Waals surface area contributed by atoms with E-state index in [1.54, 1.807) is 12.1 Å². The van der Waals surface area contributed by atoms with Gasteiger partial charge in [-0.05, 0) is 61.1 Å². The van der Waals surface area contributed by atoms with E-state index < -0.39 is 6.67 Å². The molecule has 0 N–H and O–H groups in total. The Labute approximate surface area is 132 Å². The van der Waals surface area contributed by atoms with Crippen LogP contribution >= 0.6 is 0 Å². The van der Waals surface area contributed by atoms with E-state index in [0.717, 1.165) is 37.2 Å². The highest BCUT2D eigenvalue weighted by Gasteiger charge is 2.22. The monoisotopic (exact) mass is 312 g/mol. The number of rotatable bonds is 8. The molecule has 1 aliphatic carbocycles. The van der Waals surface area contributed by atoms with Crippen molar-refractivity contribution in [3.63, 3.8) is 0 Å². The molecule has 1 fully saturated rings. The predicted molar refractivity (Wildman–Crippen MR) is 85.2 cm³/mol. The van der Waals surface area contributed by atoms with Gasteiger partial charge in [-0.3, -0.25) is 8.78 Å². The molecule has 0 nitrogen and oxygen atoms in total. The summed E-state index contributed by atoms with van der Waals surface area (Å²) in [6.45, 7) is -0.708. The zero-order valence-corrected chi connectivity index (χ0v) is 13.3. The van der Waals surface area contributed by atoms with Gasteiger partial charge < -0.3 is 0 Å². The van der Waals surface area contributed by atoms with Crippen LogP contribution in [0.25, 0.3) is 0 Å². The van der Waals surface area contributed by atoms with E-state index in [0.29, 0.717) is 17.9 Å². The number of unbranched alkanes of at least 4 members (excludes halogenated alkanes) is 2. The van der Waals surface area contributed by atoms with E-state index in [-0.39, 0.29) is 18.9 Å². The first-order valence-electron chi connectivity index (χ1n) is 8.65. The number of aryl methyl sites for hydroxylation is 1. The molecule has 1 aromatic rings. The van der Waals surface area contributed by atoms with Crippen molar-refractivity contribution >= 4 is 0 Å². The fourth-order valence-electron chi connectivity index (χ4n) is 3.61. The van der Waals surface area contributed by atoms with Gasteiger partial charge in [0.05, 0.1) is 13.3 Å². The molecule has 3 heteroatoms. The number of benzene rings is 1. The highest BCUT2D eigenvalue weighted by molar-refractivity contribution is 5.27. The highest BCUT2D eigenvalue weighted by Crippen LogP contribution is 2.38. The van der Waals surface area contributed by atoms with Gasteiger partial charge in [-0.2, -0.15) is 0 Å². The van der Waals surface area contributed by atoms with Crippen molar-refractivity contribution in [2.75, 3.05) is 13.3 Å². The van der Waals surface area contributed by atoms with E-state index >= 15 is 0 Å². The predicted octanol–water partition coefficient (Wildman–Crippen LogP) is 6.14. The van der Waals surface area contributed by atoms with Gasteiger partial charge in [-0.25, -0.2) is 4.39 Å². The molecule has 0 aliphatic heterocycles. The normalized spacial score (nSPS) is 22.0. The molecule has 0 saturated heterocycles. The van der Waals surface area contributed by atoms with Gasteiger partial charge >= 0.3 is 0 Å². The summed E-state index contributed by atoms with van der Waals surface area (Å²) in [4.78, 5) is 0. The Morgan fingerprint density at radius 2 is 1.68 bits per heavy atom. The van der Waals surface area contributed by atoms with Crippen molar-refractivity contribution in [1.29, 1.82) is 0 Å². The van der Waals surface area contributed by atoms with E-state index in [1.807, 2.05) is 6.07 Å². The van der Waals surface area contributed by atoms with Crippen LogP contribution in [-0.2, 0) is 6.42 Å². The Kier molecular flexibility index (Phi) is 7.28. The molecule has 0 spiro atoms. The topological polar surface area (TPSA) is 0 Å². The number of halogens is 3. The van der Waals surface area contributed by atoms with Crippen molar-refractivity contribution in [2.45, 2.75) is 63.7 Å². The zero-order valence-electron chi connectivity index (χ0n) is 13.3. The first-order valence-corrected chi connectivity index (χ1v) is 8.65. The summed E-state index contributed by atoms with van der Waals surface area (Å²) >= 11 is 0. The molecule has 0 amide bonds. The average Bonchev–Trinajstić information content (AvgIpc) is 2.54. The molecule has 124 valence electrons. The van der Waals surface area contributed by atoms with Gasteiger partial charge in [0.2, 0.25) is 0 Å². The van der Waals surface area contributed by atoms with Gasteiger partial charge in [-0.1, -0.05) is 31.4 Å². The van der Waals surface area contributed by atoms with Gasteiger partial charge in [-0.15, -0.1) is 0 Å². The molecule has 0 heterocycles. The maximum atomic E-state index is 13.9. The molecular formula is C19H27F3. The minimum atomic E-state index is -0.510. The van der Waals surface area contributed by atoms with Crippen LogP contribution in [0.15, 0.2) is 18.2 Å². The van der Waals surface area contributed by atoms with E-state index in [9.17, 15) is 13.2 Å². The molecule has 0 aromatic heterocycles. The lowest BCUT2D eigenvalue weighted by Gasteiger charge is -2.29. The summed E-state index contributed by atoms with van der Waals surface area (Å²) in [7, 11) is 0. The van der Waals surface area contributed by atoms with Crippen molar-refractivity contribution < 1.29 is 13.2 Å². The second kappa shape index (κ2) is 9.22. The fourth-order valence-corrected chi connectivity index (χ4v) is 3.61. The van der Waals surface area contributed by atoms with Crippen LogP contribution in [0.5, 0.6) is 0 Å². The average molecular weight is 312 g/mol. The first kappa shape index (κ1) is 17.4. The lowest BCUT2D eigenvalue weighted by molar-refractivity contribution is 0.300. The van der Waals surface area contributed by atoms with Gasteiger partial charge in [0.25, 0.3) is 0 Å². The minimum absolute atomic E-state index is 0.164. The first-order chi connectivity index (χ1) is 10.7. The van der Waals surface area contributed by atoms with Crippen molar-refractivity contribution in [2.24, 2.45) is 5.92 Å². The van der Waals surface area contributed by atoms with Crippen molar-refractivity contribution in [3.05, 3.63) is 35.1 Å². The molecule has 1 aliphatic rings. The maximum Gasteiger partial charge on any atom is 0.126 e. The van der Waals surface area contributed by atoms with Crippen molar-refractivity contribution in [3.8, 4) is 0 Å². The molecular weight excluding hydrogens is 285 g/mol. The second-order valence-corrected chi connectivity index (χ2v) is 6.55. The maximum absolute atomic E-state index is 13.9. The minimum Gasteiger partial charge on any atom is -0.251 e. The highest BCUT2D eigenvalue weighted by atomic mass is 19.1. The van der Waals surface area contributed by atoms with Crippen LogP contribution < -0.4 is 0 Å². The Bertz CT molecular complexity index is 436. The summed E-state index contributed by atoms with van der Waals surface area (Å²) in [6.07, 6.45) is 8.78. The van der Waals surface area contributed by atoms with Crippen molar-refractivity contribution in [1.82, 2.24) is 0 Å². The summed E-state index contributed by atoms with van der Waals surface area (Å²) in [6, 6.07) is 5.32. The Morgan fingerprint density at radius 3 is 2.32 bits per heavy atom. The second-order valence-electron chi connectivity index (χ2n) is 6.55. The number of hydrogen-bond donors (Lipinski definition) is 0. The van der Waals surface area contributed by atoms with Crippen LogP contribution in [0.3, 0.4) is 0 Å². The third-order valence-electron chi connectivity index (χ3n) is 5.01. The Balaban J connectivity index is 1.80. The SMILES string of the molecule is FCCCCCC1CCC(c2ccc(CCF)c(F)c2)CC1. The summed E-state index contributed by atoms with van der Waals surface area (Å²) in [5.41, 5.74) is 1.55.